The molecule has 5 rings (SSSR count). The quantitative estimate of drug-likeness (QED) is 0.127. The van der Waals surface area contributed by atoms with Crippen molar-refractivity contribution < 1.29 is 18.4 Å². The topological polar surface area (TPSA) is 85.7 Å². The van der Waals surface area contributed by atoms with Crippen molar-refractivity contribution in [2.75, 3.05) is 59.3 Å². The van der Waals surface area contributed by atoms with Gasteiger partial charge in [0, 0.05) is 56.6 Å². The Morgan fingerprint density at radius 3 is 2.23 bits per heavy atom. The first kappa shape index (κ1) is 35.1. The number of anilines is 1. The second-order valence-corrected chi connectivity index (χ2v) is 15.1. The van der Waals surface area contributed by atoms with E-state index in [1.807, 2.05) is 91.8 Å². The fourth-order valence-corrected chi connectivity index (χ4v) is 8.06. The Balaban J connectivity index is 1.40. The molecule has 250 valence electrons. The van der Waals surface area contributed by atoms with Crippen LogP contribution in [0.2, 0.25) is 10.0 Å². The van der Waals surface area contributed by atoms with Gasteiger partial charge in [0.1, 0.15) is 7.11 Å². The van der Waals surface area contributed by atoms with Crippen LogP contribution in [-0.4, -0.2) is 82.9 Å². The molecule has 1 atom stereocenters. The lowest BCUT2D eigenvalue weighted by molar-refractivity contribution is -0.0261. The number of likely N-dealkylation sites (tertiary alicyclic amines) is 1. The van der Waals surface area contributed by atoms with Gasteiger partial charge in [0.25, 0.3) is 0 Å². The third-order valence-corrected chi connectivity index (χ3v) is 11.7. The molecule has 1 heterocycles. The summed E-state index contributed by atoms with van der Waals surface area (Å²) < 4.78 is 29.6. The number of nitrogens with zero attached hydrogens (tertiary/aromatic N) is 4. The lowest BCUT2D eigenvalue weighted by Crippen LogP contribution is -2.43. The monoisotopic (exact) mass is 696 g/mol. The molecule has 8 nitrogen and oxygen atoms in total. The molecular weight excluding hydrogens is 655 g/mol. The van der Waals surface area contributed by atoms with Gasteiger partial charge in [-0.3, -0.25) is 0 Å². The Morgan fingerprint density at radius 1 is 0.936 bits per heavy atom. The highest BCUT2D eigenvalue weighted by atomic mass is 35.5. The van der Waals surface area contributed by atoms with Gasteiger partial charge in [0.2, 0.25) is 10.0 Å². The van der Waals surface area contributed by atoms with Crippen molar-refractivity contribution in [1.29, 1.82) is 0 Å². The van der Waals surface area contributed by atoms with Gasteiger partial charge in [-0.2, -0.15) is 4.31 Å². The summed E-state index contributed by atoms with van der Waals surface area (Å²) in [5.41, 5.74) is 2.43. The third-order valence-electron chi connectivity index (χ3n) is 9.10. The summed E-state index contributed by atoms with van der Waals surface area (Å²) in [6.45, 7) is 2.14. The maximum atomic E-state index is 14.2. The summed E-state index contributed by atoms with van der Waals surface area (Å²) in [4.78, 5) is 9.84. The van der Waals surface area contributed by atoms with Gasteiger partial charge in [-0.15, -0.1) is 0 Å². The van der Waals surface area contributed by atoms with E-state index >= 15 is 0 Å². The predicted molar refractivity (Wildman–Crippen MR) is 192 cm³/mol. The smallest absolute Gasteiger partial charge is 0.243 e. The van der Waals surface area contributed by atoms with Gasteiger partial charge >= 0.3 is 0 Å². The van der Waals surface area contributed by atoms with Crippen LogP contribution < -0.4 is 4.90 Å². The molecule has 11 heteroatoms. The van der Waals surface area contributed by atoms with E-state index in [1.165, 1.54) is 11.4 Å². The zero-order chi connectivity index (χ0) is 33.8. The van der Waals surface area contributed by atoms with Crippen LogP contribution in [0.15, 0.2) is 95.0 Å². The Hall–Kier alpha value is -3.18. The highest BCUT2D eigenvalue weighted by molar-refractivity contribution is 7.89. The van der Waals surface area contributed by atoms with Crippen LogP contribution in [-0.2, 0) is 20.5 Å². The lowest BCUT2D eigenvalue weighted by atomic mass is 9.84. The second-order valence-electron chi connectivity index (χ2n) is 12.3. The average Bonchev–Trinajstić information content (AvgIpc) is 3.07. The highest BCUT2D eigenvalue weighted by Crippen LogP contribution is 2.36. The second kappa shape index (κ2) is 14.9. The van der Waals surface area contributed by atoms with Crippen molar-refractivity contribution in [3.63, 3.8) is 0 Å². The van der Waals surface area contributed by atoms with E-state index in [2.05, 4.69) is 10.1 Å². The number of hydrogen-bond donors (Lipinski definition) is 1. The Kier molecular flexibility index (Phi) is 11.2. The summed E-state index contributed by atoms with van der Waals surface area (Å²) >= 11 is 12.8. The summed E-state index contributed by atoms with van der Waals surface area (Å²) in [6.07, 6.45) is 1.86. The molecule has 4 aromatic rings. The van der Waals surface area contributed by atoms with E-state index in [4.69, 9.17) is 28.0 Å². The summed E-state index contributed by atoms with van der Waals surface area (Å²) in [6, 6.07) is 26.3. The first-order valence-corrected chi connectivity index (χ1v) is 17.8. The standard InChI is InChI=1S/C36H42Cl2N4O4S/c1-40(2)34-16-17-35(30-13-9-8-12-29(30)34)47(44,45)41(3)25-33(39-46-4)28(26-14-15-31(37)32(38)24-26)18-21-42-22-19-36(43,20-23-42)27-10-6-5-7-11-27/h5-17,24,28,43H,18-23,25H2,1-4H3/b39-33-. The first-order valence-electron chi connectivity index (χ1n) is 15.6. The number of hydrogen-bond acceptors (Lipinski definition) is 7. The van der Waals surface area contributed by atoms with Crippen LogP contribution in [0.4, 0.5) is 5.69 Å². The molecule has 0 aliphatic carbocycles. The fourth-order valence-electron chi connectivity index (χ4n) is 6.42. The number of rotatable bonds is 12. The van der Waals surface area contributed by atoms with Crippen molar-refractivity contribution >= 4 is 55.4 Å². The molecular formula is C36H42Cl2N4O4S. The predicted octanol–water partition coefficient (Wildman–Crippen LogP) is 6.99. The molecule has 47 heavy (non-hydrogen) atoms. The van der Waals surface area contributed by atoms with E-state index in [-0.39, 0.29) is 17.4 Å². The van der Waals surface area contributed by atoms with Gasteiger partial charge in [-0.1, -0.05) is 89.0 Å². The summed E-state index contributed by atoms with van der Waals surface area (Å²) in [5.74, 6) is -0.315. The van der Waals surface area contributed by atoms with Crippen LogP contribution in [0.5, 0.6) is 0 Å². The fraction of sp³-hybridized carbons (Fsp3) is 0.361. The number of piperidine rings is 1. The lowest BCUT2D eigenvalue weighted by Gasteiger charge is -2.39. The zero-order valence-corrected chi connectivity index (χ0v) is 29.6. The normalized spacial score (nSPS) is 16.4. The molecule has 0 aromatic heterocycles. The molecule has 0 amide bonds. The molecule has 0 saturated carbocycles. The largest absolute Gasteiger partial charge is 0.399 e. The molecule has 1 N–H and O–H groups in total. The SMILES string of the molecule is CO/N=C(/CN(C)S(=O)(=O)c1ccc(N(C)C)c2ccccc12)C(CCN1CCC(O)(c2ccccc2)CC1)c1ccc(Cl)c(Cl)c1. The maximum Gasteiger partial charge on any atom is 0.243 e. The van der Waals surface area contributed by atoms with Crippen molar-refractivity contribution in [3.05, 3.63) is 106 Å². The maximum absolute atomic E-state index is 14.2. The van der Waals surface area contributed by atoms with Crippen LogP contribution >= 0.6 is 23.2 Å². The molecule has 4 aromatic carbocycles. The summed E-state index contributed by atoms with van der Waals surface area (Å²) in [5, 5.41) is 18.1. The number of benzene rings is 4. The molecule has 1 unspecified atom stereocenters. The minimum atomic E-state index is -3.93. The Morgan fingerprint density at radius 2 is 1.60 bits per heavy atom. The number of sulfonamides is 1. The zero-order valence-electron chi connectivity index (χ0n) is 27.2. The minimum Gasteiger partial charge on any atom is -0.399 e. The molecule has 1 fully saturated rings. The van der Waals surface area contributed by atoms with Crippen LogP contribution in [0.25, 0.3) is 10.8 Å². The third kappa shape index (κ3) is 7.77. The number of oxime groups is 1. The van der Waals surface area contributed by atoms with E-state index in [9.17, 15) is 13.5 Å². The summed E-state index contributed by atoms with van der Waals surface area (Å²) in [7, 11) is 2.97. The molecule has 1 saturated heterocycles. The molecule has 1 aliphatic rings. The van der Waals surface area contributed by atoms with Crippen LogP contribution in [0, 0.1) is 0 Å². The molecule has 0 bridgehead atoms. The molecule has 0 spiro atoms. The van der Waals surface area contributed by atoms with Gasteiger partial charge in [-0.05, 0) is 61.2 Å². The van der Waals surface area contributed by atoms with E-state index in [0.717, 1.165) is 35.3 Å². The molecule has 1 aliphatic heterocycles. The van der Waals surface area contributed by atoms with Gasteiger partial charge in [0.15, 0.2) is 0 Å². The Bertz CT molecular complexity index is 1830. The average molecular weight is 698 g/mol. The number of aliphatic hydroxyl groups is 1. The van der Waals surface area contributed by atoms with Gasteiger partial charge in [0.05, 0.1) is 32.8 Å². The number of fused-ring (bicyclic) bond motifs is 1. The van der Waals surface area contributed by atoms with Crippen LogP contribution in [0.3, 0.4) is 0 Å². The van der Waals surface area contributed by atoms with Crippen molar-refractivity contribution in [1.82, 2.24) is 9.21 Å². The minimum absolute atomic E-state index is 0.00139. The number of halogens is 2. The van der Waals surface area contributed by atoms with Gasteiger partial charge < -0.3 is 19.7 Å². The first-order chi connectivity index (χ1) is 22.4. The van der Waals surface area contributed by atoms with Crippen molar-refractivity contribution in [2.24, 2.45) is 5.16 Å². The van der Waals surface area contributed by atoms with E-state index in [0.29, 0.717) is 47.0 Å². The van der Waals surface area contributed by atoms with E-state index < -0.39 is 15.6 Å². The van der Waals surface area contributed by atoms with Crippen molar-refractivity contribution in [3.8, 4) is 0 Å². The van der Waals surface area contributed by atoms with Crippen LogP contribution in [0.1, 0.15) is 36.3 Å². The highest BCUT2D eigenvalue weighted by Gasteiger charge is 2.35. The van der Waals surface area contributed by atoms with Gasteiger partial charge in [-0.25, -0.2) is 8.42 Å². The van der Waals surface area contributed by atoms with Crippen molar-refractivity contribution in [2.45, 2.75) is 35.7 Å². The van der Waals surface area contributed by atoms with E-state index in [1.54, 1.807) is 19.2 Å². The Labute approximate surface area is 288 Å². The molecule has 0 radical (unpaired) electrons.